The Hall–Kier alpha value is -0.840. The van der Waals surface area contributed by atoms with Crippen molar-refractivity contribution < 1.29 is 9.13 Å². The lowest BCUT2D eigenvalue weighted by molar-refractivity contribution is 0.0398. The summed E-state index contributed by atoms with van der Waals surface area (Å²) >= 11 is 5.68. The molecule has 0 aliphatic carbocycles. The van der Waals surface area contributed by atoms with Crippen molar-refractivity contribution in [1.29, 1.82) is 0 Å². The van der Waals surface area contributed by atoms with Gasteiger partial charge in [0.05, 0.1) is 18.9 Å². The van der Waals surface area contributed by atoms with Crippen molar-refractivity contribution in [2.75, 3.05) is 44.7 Å². The number of benzene rings is 1. The van der Waals surface area contributed by atoms with E-state index in [4.69, 9.17) is 16.3 Å². The molecule has 0 aromatic heterocycles. The van der Waals surface area contributed by atoms with E-state index >= 15 is 0 Å². The SMILES string of the molecule is Fc1cc(Cl)ccc1NCCN1CCOCC1. The van der Waals surface area contributed by atoms with Crippen LogP contribution in [-0.2, 0) is 4.74 Å². The molecule has 94 valence electrons. The van der Waals surface area contributed by atoms with Gasteiger partial charge in [0.15, 0.2) is 0 Å². The Morgan fingerprint density at radius 1 is 1.35 bits per heavy atom. The summed E-state index contributed by atoms with van der Waals surface area (Å²) in [5, 5.41) is 3.49. The van der Waals surface area contributed by atoms with Gasteiger partial charge in [-0.15, -0.1) is 0 Å². The number of hydrogen-bond acceptors (Lipinski definition) is 3. The lowest BCUT2D eigenvalue weighted by atomic mass is 10.3. The summed E-state index contributed by atoms with van der Waals surface area (Å²) < 4.78 is 18.7. The highest BCUT2D eigenvalue weighted by Gasteiger charge is 2.09. The monoisotopic (exact) mass is 258 g/mol. The van der Waals surface area contributed by atoms with E-state index in [0.717, 1.165) is 39.4 Å². The zero-order valence-electron chi connectivity index (χ0n) is 9.59. The molecule has 1 saturated heterocycles. The summed E-state index contributed by atoms with van der Waals surface area (Å²) in [5.74, 6) is -0.306. The molecule has 0 bridgehead atoms. The Labute approximate surface area is 106 Å². The van der Waals surface area contributed by atoms with Crippen LogP contribution in [0.15, 0.2) is 18.2 Å². The Morgan fingerprint density at radius 2 is 2.12 bits per heavy atom. The van der Waals surface area contributed by atoms with Crippen molar-refractivity contribution in [3.05, 3.63) is 29.0 Å². The van der Waals surface area contributed by atoms with Crippen molar-refractivity contribution in [1.82, 2.24) is 4.90 Å². The highest BCUT2D eigenvalue weighted by Crippen LogP contribution is 2.18. The van der Waals surface area contributed by atoms with Crippen LogP contribution in [0.1, 0.15) is 0 Å². The Morgan fingerprint density at radius 3 is 2.82 bits per heavy atom. The third kappa shape index (κ3) is 3.84. The van der Waals surface area contributed by atoms with E-state index in [-0.39, 0.29) is 5.82 Å². The Kier molecular flexibility index (Phi) is 4.59. The zero-order chi connectivity index (χ0) is 12.1. The van der Waals surface area contributed by atoms with Crippen molar-refractivity contribution >= 4 is 17.3 Å². The molecule has 1 heterocycles. The molecular formula is C12H16ClFN2O. The van der Waals surface area contributed by atoms with Crippen molar-refractivity contribution in [3.63, 3.8) is 0 Å². The molecule has 3 nitrogen and oxygen atoms in total. The van der Waals surface area contributed by atoms with Gasteiger partial charge in [-0.1, -0.05) is 11.6 Å². The number of hydrogen-bond donors (Lipinski definition) is 1. The van der Waals surface area contributed by atoms with Crippen LogP contribution in [0.3, 0.4) is 0 Å². The number of halogens is 2. The summed E-state index contributed by atoms with van der Waals surface area (Å²) in [4.78, 5) is 2.30. The number of morpholine rings is 1. The topological polar surface area (TPSA) is 24.5 Å². The lowest BCUT2D eigenvalue weighted by Gasteiger charge is -2.26. The van der Waals surface area contributed by atoms with Crippen molar-refractivity contribution in [3.8, 4) is 0 Å². The summed E-state index contributed by atoms with van der Waals surface area (Å²) in [6, 6.07) is 4.66. The van der Waals surface area contributed by atoms with Gasteiger partial charge in [-0.2, -0.15) is 0 Å². The third-order valence-electron chi connectivity index (χ3n) is 2.78. The number of rotatable bonds is 4. The Balaban J connectivity index is 1.77. The molecule has 5 heteroatoms. The molecule has 0 atom stereocenters. The van der Waals surface area contributed by atoms with Crippen molar-refractivity contribution in [2.24, 2.45) is 0 Å². The highest BCUT2D eigenvalue weighted by molar-refractivity contribution is 6.30. The van der Waals surface area contributed by atoms with Gasteiger partial charge in [-0.25, -0.2) is 4.39 Å². The second kappa shape index (κ2) is 6.19. The second-order valence-corrected chi connectivity index (χ2v) is 4.44. The number of nitrogens with one attached hydrogen (secondary N) is 1. The first-order chi connectivity index (χ1) is 8.25. The van der Waals surface area contributed by atoms with Gasteiger partial charge in [-0.05, 0) is 18.2 Å². The molecule has 1 aromatic carbocycles. The van der Waals surface area contributed by atoms with Crippen LogP contribution < -0.4 is 5.32 Å². The minimum absolute atomic E-state index is 0.306. The van der Waals surface area contributed by atoms with Gasteiger partial charge >= 0.3 is 0 Å². The molecule has 1 N–H and O–H groups in total. The molecule has 0 amide bonds. The molecule has 0 unspecified atom stereocenters. The molecule has 17 heavy (non-hydrogen) atoms. The molecule has 0 radical (unpaired) electrons. The van der Waals surface area contributed by atoms with E-state index in [2.05, 4.69) is 10.2 Å². The molecule has 0 saturated carbocycles. The molecule has 1 aliphatic heterocycles. The van der Waals surface area contributed by atoms with E-state index in [1.807, 2.05) is 0 Å². The van der Waals surface area contributed by atoms with Crippen LogP contribution in [0.25, 0.3) is 0 Å². The summed E-state index contributed by atoms with van der Waals surface area (Å²) in [6.45, 7) is 5.09. The summed E-state index contributed by atoms with van der Waals surface area (Å²) in [6.07, 6.45) is 0. The van der Waals surface area contributed by atoms with Gasteiger partial charge in [0.1, 0.15) is 5.82 Å². The molecule has 0 spiro atoms. The molecule has 1 aliphatic rings. The molecule has 1 aromatic rings. The minimum Gasteiger partial charge on any atom is -0.381 e. The van der Waals surface area contributed by atoms with Crippen LogP contribution in [-0.4, -0.2) is 44.3 Å². The number of anilines is 1. The third-order valence-corrected chi connectivity index (χ3v) is 3.01. The summed E-state index contributed by atoms with van der Waals surface area (Å²) in [7, 11) is 0. The molecular weight excluding hydrogens is 243 g/mol. The van der Waals surface area contributed by atoms with E-state index in [1.165, 1.54) is 6.07 Å². The first kappa shape index (κ1) is 12.6. The largest absolute Gasteiger partial charge is 0.381 e. The standard InChI is InChI=1S/C12H16ClFN2O/c13-10-1-2-12(11(14)9-10)15-3-4-16-5-7-17-8-6-16/h1-2,9,15H,3-8H2. The fourth-order valence-corrected chi connectivity index (χ4v) is 1.97. The van der Waals surface area contributed by atoms with Crippen molar-refractivity contribution in [2.45, 2.75) is 0 Å². The molecule has 2 rings (SSSR count). The quantitative estimate of drug-likeness (QED) is 0.896. The Bertz CT molecular complexity index is 370. The first-order valence-corrected chi connectivity index (χ1v) is 6.12. The van der Waals surface area contributed by atoms with Crippen LogP contribution in [0.5, 0.6) is 0 Å². The van der Waals surface area contributed by atoms with Gasteiger partial charge in [0.2, 0.25) is 0 Å². The fourth-order valence-electron chi connectivity index (χ4n) is 1.81. The lowest BCUT2D eigenvalue weighted by Crippen LogP contribution is -2.39. The maximum absolute atomic E-state index is 13.4. The average molecular weight is 259 g/mol. The predicted molar refractivity (Wildman–Crippen MR) is 67.2 cm³/mol. The van der Waals surface area contributed by atoms with Gasteiger partial charge in [-0.3, -0.25) is 4.90 Å². The smallest absolute Gasteiger partial charge is 0.147 e. The fraction of sp³-hybridized carbons (Fsp3) is 0.500. The number of ether oxygens (including phenoxy) is 1. The van der Waals surface area contributed by atoms with E-state index in [9.17, 15) is 4.39 Å². The predicted octanol–water partition coefficient (Wildman–Crippen LogP) is 2.22. The van der Waals surface area contributed by atoms with E-state index in [1.54, 1.807) is 12.1 Å². The first-order valence-electron chi connectivity index (χ1n) is 5.75. The second-order valence-electron chi connectivity index (χ2n) is 4.00. The van der Waals surface area contributed by atoms with Crippen LogP contribution in [0.2, 0.25) is 5.02 Å². The van der Waals surface area contributed by atoms with Gasteiger partial charge < -0.3 is 10.1 Å². The maximum Gasteiger partial charge on any atom is 0.147 e. The van der Waals surface area contributed by atoms with Crippen LogP contribution in [0, 0.1) is 5.82 Å². The summed E-state index contributed by atoms with van der Waals surface area (Å²) in [5.41, 5.74) is 0.502. The highest BCUT2D eigenvalue weighted by atomic mass is 35.5. The van der Waals surface area contributed by atoms with Crippen LogP contribution >= 0.6 is 11.6 Å². The van der Waals surface area contributed by atoms with Gasteiger partial charge in [0, 0.05) is 31.2 Å². The van der Waals surface area contributed by atoms with E-state index in [0.29, 0.717) is 10.7 Å². The minimum atomic E-state index is -0.306. The normalized spacial score (nSPS) is 17.1. The molecule has 1 fully saturated rings. The number of nitrogens with zero attached hydrogens (tertiary/aromatic N) is 1. The zero-order valence-corrected chi connectivity index (χ0v) is 10.3. The average Bonchev–Trinajstić information content (AvgIpc) is 2.33. The van der Waals surface area contributed by atoms with Crippen LogP contribution in [0.4, 0.5) is 10.1 Å². The van der Waals surface area contributed by atoms with E-state index < -0.39 is 0 Å². The van der Waals surface area contributed by atoms with Gasteiger partial charge in [0.25, 0.3) is 0 Å². The maximum atomic E-state index is 13.4.